The largest absolute Gasteiger partial charge is 0.301 e. The van der Waals surface area contributed by atoms with Crippen LogP contribution in [-0.4, -0.2) is 60.5 Å². The minimum absolute atomic E-state index is 0.0819. The summed E-state index contributed by atoms with van der Waals surface area (Å²) in [5.74, 6) is 0.522. The Morgan fingerprint density at radius 1 is 1.17 bits per heavy atom. The first-order valence-corrected chi connectivity index (χ1v) is 12.3. The fourth-order valence-corrected chi connectivity index (χ4v) is 5.57. The number of sulfonamides is 1. The highest BCUT2D eigenvalue weighted by Crippen LogP contribution is 2.27. The number of thiophene rings is 1. The monoisotopic (exact) mass is 467 g/mol. The highest BCUT2D eigenvalue weighted by atomic mass is 35.5. The molecule has 11 heteroatoms. The Morgan fingerprint density at radius 2 is 1.83 bits per heavy atom. The summed E-state index contributed by atoms with van der Waals surface area (Å²) >= 11 is 7.30. The van der Waals surface area contributed by atoms with Gasteiger partial charge in [0.05, 0.1) is 22.6 Å². The van der Waals surface area contributed by atoms with Crippen LogP contribution >= 0.6 is 22.9 Å². The van der Waals surface area contributed by atoms with Gasteiger partial charge in [-0.3, -0.25) is 14.3 Å². The molecule has 4 rings (SSSR count). The van der Waals surface area contributed by atoms with Crippen LogP contribution in [0.25, 0.3) is 15.9 Å². The topological polar surface area (TPSA) is 102 Å². The number of primary sulfonamides is 1. The Kier molecular flexibility index (Phi) is 5.97. The molecule has 1 aromatic carbocycles. The quantitative estimate of drug-likeness (QED) is 0.614. The summed E-state index contributed by atoms with van der Waals surface area (Å²) in [5.41, 5.74) is 0.158. The normalized spacial score (nSPS) is 16.4. The van der Waals surface area contributed by atoms with Crippen LogP contribution < -0.4 is 10.7 Å². The van der Waals surface area contributed by atoms with Crippen molar-refractivity contribution in [2.75, 3.05) is 32.7 Å². The number of piperazine rings is 1. The van der Waals surface area contributed by atoms with Crippen LogP contribution in [0.2, 0.25) is 5.02 Å². The molecule has 0 radical (unpaired) electrons. The van der Waals surface area contributed by atoms with E-state index in [0.29, 0.717) is 27.9 Å². The van der Waals surface area contributed by atoms with Crippen molar-refractivity contribution in [1.82, 2.24) is 19.4 Å². The Labute approximate surface area is 183 Å². The zero-order valence-corrected chi connectivity index (χ0v) is 18.8. The molecule has 0 atom stereocenters. The van der Waals surface area contributed by atoms with Crippen molar-refractivity contribution < 1.29 is 8.42 Å². The van der Waals surface area contributed by atoms with Gasteiger partial charge in [-0.2, -0.15) is 0 Å². The van der Waals surface area contributed by atoms with Crippen molar-refractivity contribution in [3.05, 3.63) is 51.5 Å². The molecular formula is C19H22ClN5O3S2. The molecule has 0 amide bonds. The number of nitrogens with zero attached hydrogens (tertiary/aromatic N) is 4. The van der Waals surface area contributed by atoms with Gasteiger partial charge in [0.1, 0.15) is 14.9 Å². The minimum Gasteiger partial charge on any atom is -0.301 e. The van der Waals surface area contributed by atoms with Crippen molar-refractivity contribution in [3.8, 4) is 5.69 Å². The van der Waals surface area contributed by atoms with Crippen molar-refractivity contribution in [2.45, 2.75) is 17.7 Å². The van der Waals surface area contributed by atoms with Crippen LogP contribution in [0.3, 0.4) is 0 Å². The van der Waals surface area contributed by atoms with E-state index < -0.39 is 10.0 Å². The lowest BCUT2D eigenvalue weighted by molar-refractivity contribution is 0.129. The second-order valence-corrected chi connectivity index (χ2v) is 10.4. The second-order valence-electron chi connectivity index (χ2n) is 7.16. The maximum atomic E-state index is 13.4. The molecule has 3 heterocycles. The van der Waals surface area contributed by atoms with Gasteiger partial charge in [-0.15, -0.1) is 11.3 Å². The highest BCUT2D eigenvalue weighted by molar-refractivity contribution is 7.91. The van der Waals surface area contributed by atoms with E-state index in [1.54, 1.807) is 24.3 Å². The fraction of sp³-hybridized carbons (Fsp3) is 0.368. The predicted octanol–water partition coefficient (Wildman–Crippen LogP) is 1.89. The third kappa shape index (κ3) is 4.16. The van der Waals surface area contributed by atoms with Gasteiger partial charge in [0.2, 0.25) is 10.0 Å². The number of aromatic nitrogens is 2. The van der Waals surface area contributed by atoms with Crippen LogP contribution in [-0.2, 0) is 16.6 Å². The summed E-state index contributed by atoms with van der Waals surface area (Å²) in [4.78, 5) is 23.0. The lowest BCUT2D eigenvalue weighted by Gasteiger charge is -2.34. The maximum absolute atomic E-state index is 13.4. The minimum atomic E-state index is -3.93. The van der Waals surface area contributed by atoms with Crippen LogP contribution in [0.4, 0.5) is 0 Å². The Hall–Kier alpha value is -1.82. The molecule has 2 N–H and O–H groups in total. The molecule has 1 aliphatic rings. The van der Waals surface area contributed by atoms with E-state index in [1.807, 2.05) is 0 Å². The molecule has 0 aliphatic carbocycles. The van der Waals surface area contributed by atoms with E-state index in [2.05, 4.69) is 21.7 Å². The van der Waals surface area contributed by atoms with Crippen molar-refractivity contribution in [3.63, 3.8) is 0 Å². The van der Waals surface area contributed by atoms with Crippen molar-refractivity contribution in [2.24, 2.45) is 5.14 Å². The number of hydrogen-bond donors (Lipinski definition) is 1. The Morgan fingerprint density at radius 3 is 2.47 bits per heavy atom. The third-order valence-electron chi connectivity index (χ3n) is 5.26. The summed E-state index contributed by atoms with van der Waals surface area (Å²) < 4.78 is 25.0. The molecule has 30 heavy (non-hydrogen) atoms. The lowest BCUT2D eigenvalue weighted by atomic mass is 10.2. The van der Waals surface area contributed by atoms with Crippen LogP contribution in [0.1, 0.15) is 12.7 Å². The summed E-state index contributed by atoms with van der Waals surface area (Å²) in [6.07, 6.45) is 0. The molecule has 1 fully saturated rings. The van der Waals surface area contributed by atoms with Gasteiger partial charge in [-0.05, 0) is 24.7 Å². The number of rotatable bonds is 5. The molecule has 1 saturated heterocycles. The van der Waals surface area contributed by atoms with Gasteiger partial charge in [0.15, 0.2) is 0 Å². The molecule has 0 unspecified atom stereocenters. The lowest BCUT2D eigenvalue weighted by Crippen LogP contribution is -2.46. The number of halogens is 1. The van der Waals surface area contributed by atoms with E-state index in [1.165, 1.54) is 10.6 Å². The van der Waals surface area contributed by atoms with Gasteiger partial charge in [-0.25, -0.2) is 18.5 Å². The molecular weight excluding hydrogens is 446 g/mol. The highest BCUT2D eigenvalue weighted by Gasteiger charge is 2.23. The standard InChI is InChI=1S/C19H22ClN5O3S2/c1-2-23-7-9-24(10-8-23)12-16-22-18-13(11-17(29-18)30(21,27)28)19(26)25(16)15-6-4-3-5-14(15)20/h3-6,11H,2,7-10,12H2,1H3,(H2,21,27,28). The van der Waals surface area contributed by atoms with Crippen LogP contribution in [0.5, 0.6) is 0 Å². The van der Waals surface area contributed by atoms with E-state index in [4.69, 9.17) is 16.7 Å². The van der Waals surface area contributed by atoms with Gasteiger partial charge in [0, 0.05) is 26.2 Å². The number of hydrogen-bond acceptors (Lipinski definition) is 7. The number of likely N-dealkylation sites (N-methyl/N-ethyl adjacent to an activating group) is 1. The first-order valence-electron chi connectivity index (χ1n) is 9.56. The smallest absolute Gasteiger partial charge is 0.266 e. The Balaban J connectivity index is 1.85. The number of fused-ring (bicyclic) bond motifs is 1. The molecule has 2 aromatic heterocycles. The van der Waals surface area contributed by atoms with Crippen LogP contribution in [0.15, 0.2) is 39.3 Å². The van der Waals surface area contributed by atoms with E-state index in [9.17, 15) is 13.2 Å². The molecule has 0 spiro atoms. The molecule has 8 nitrogen and oxygen atoms in total. The average Bonchev–Trinajstić information content (AvgIpc) is 3.15. The van der Waals surface area contributed by atoms with Crippen molar-refractivity contribution >= 4 is 43.2 Å². The summed E-state index contributed by atoms with van der Waals surface area (Å²) in [6, 6.07) is 8.34. The number of benzene rings is 1. The maximum Gasteiger partial charge on any atom is 0.266 e. The summed E-state index contributed by atoms with van der Waals surface area (Å²) in [5, 5.41) is 5.90. The zero-order valence-electron chi connectivity index (χ0n) is 16.4. The van der Waals surface area contributed by atoms with E-state index in [-0.39, 0.29) is 15.2 Å². The molecule has 160 valence electrons. The molecule has 1 aliphatic heterocycles. The van der Waals surface area contributed by atoms with Crippen molar-refractivity contribution in [1.29, 1.82) is 0 Å². The first kappa shape index (κ1) is 21.4. The third-order valence-corrected chi connectivity index (χ3v) is 8.03. The van der Waals surface area contributed by atoms with Gasteiger partial charge in [-0.1, -0.05) is 30.7 Å². The van der Waals surface area contributed by atoms with E-state index in [0.717, 1.165) is 44.1 Å². The van der Waals surface area contributed by atoms with Gasteiger partial charge < -0.3 is 4.90 Å². The number of para-hydroxylation sites is 1. The SMILES string of the molecule is CCN1CCN(Cc2nc3sc(S(N)(=O)=O)cc3c(=O)n2-c2ccccc2Cl)CC1. The molecule has 0 bridgehead atoms. The fourth-order valence-electron chi connectivity index (χ4n) is 3.59. The van der Waals surface area contributed by atoms with E-state index >= 15 is 0 Å². The predicted molar refractivity (Wildman–Crippen MR) is 119 cm³/mol. The Bertz CT molecular complexity index is 1250. The second kappa shape index (κ2) is 8.37. The van der Waals surface area contributed by atoms with Crippen LogP contribution in [0, 0.1) is 0 Å². The van der Waals surface area contributed by atoms with Gasteiger partial charge in [0.25, 0.3) is 5.56 Å². The number of nitrogens with two attached hydrogens (primary N) is 1. The first-order chi connectivity index (χ1) is 14.3. The molecule has 3 aromatic rings. The average molecular weight is 468 g/mol. The van der Waals surface area contributed by atoms with Gasteiger partial charge >= 0.3 is 0 Å². The summed E-state index contributed by atoms with van der Waals surface area (Å²) in [7, 11) is -3.93. The summed E-state index contributed by atoms with van der Waals surface area (Å²) in [6.45, 7) is 7.21. The zero-order chi connectivity index (χ0) is 21.5. The molecule has 0 saturated carbocycles.